The Bertz CT molecular complexity index is 718. The van der Waals surface area contributed by atoms with Crippen molar-refractivity contribution in [2.45, 2.75) is 58.2 Å². The van der Waals surface area contributed by atoms with Crippen molar-refractivity contribution in [1.82, 2.24) is 29.6 Å². The van der Waals surface area contributed by atoms with Gasteiger partial charge in [-0.25, -0.2) is 9.97 Å². The van der Waals surface area contributed by atoms with Gasteiger partial charge in [0, 0.05) is 50.9 Å². The molecule has 7 nitrogen and oxygen atoms in total. The summed E-state index contributed by atoms with van der Waals surface area (Å²) in [5.41, 5.74) is 1.02. The third kappa shape index (κ3) is 3.51. The van der Waals surface area contributed by atoms with E-state index in [4.69, 9.17) is 0 Å². The monoisotopic (exact) mass is 341 g/mol. The molecule has 1 fully saturated rings. The van der Waals surface area contributed by atoms with E-state index in [1.54, 1.807) is 6.33 Å². The molecule has 4 rings (SSSR count). The first-order valence-electron chi connectivity index (χ1n) is 9.35. The van der Waals surface area contributed by atoms with E-state index in [2.05, 4.69) is 47.6 Å². The molecule has 0 saturated carbocycles. The Kier molecular flexibility index (Phi) is 4.65. The molecule has 0 N–H and O–H groups in total. The molecule has 134 valence electrons. The number of nitrogens with zero attached hydrogens (tertiary/aromatic N) is 7. The molecule has 0 unspecified atom stereocenters. The first kappa shape index (κ1) is 16.4. The summed E-state index contributed by atoms with van der Waals surface area (Å²) in [4.78, 5) is 13.4. The maximum Gasteiger partial charge on any atom is 0.147 e. The zero-order valence-electron chi connectivity index (χ0n) is 15.2. The van der Waals surface area contributed by atoms with E-state index in [1.807, 2.05) is 6.92 Å². The molecule has 0 spiro atoms. The Morgan fingerprint density at radius 1 is 1.12 bits per heavy atom. The second kappa shape index (κ2) is 7.07. The highest BCUT2D eigenvalue weighted by molar-refractivity contribution is 5.39. The lowest BCUT2D eigenvalue weighted by atomic mass is 10.0. The fraction of sp³-hybridized carbons (Fsp3) is 0.667. The lowest BCUT2D eigenvalue weighted by Crippen LogP contribution is -2.43. The van der Waals surface area contributed by atoms with Crippen molar-refractivity contribution in [2.75, 3.05) is 25.0 Å². The van der Waals surface area contributed by atoms with Crippen molar-refractivity contribution in [3.8, 4) is 0 Å². The van der Waals surface area contributed by atoms with Gasteiger partial charge in [0.25, 0.3) is 0 Å². The zero-order valence-corrected chi connectivity index (χ0v) is 15.2. The molecular formula is C18H27N7. The van der Waals surface area contributed by atoms with Gasteiger partial charge in [-0.15, -0.1) is 10.2 Å². The number of aryl methyl sites for hydroxylation is 2. The molecule has 7 heteroatoms. The van der Waals surface area contributed by atoms with E-state index >= 15 is 0 Å². The van der Waals surface area contributed by atoms with Gasteiger partial charge in [-0.3, -0.25) is 4.90 Å². The fourth-order valence-corrected chi connectivity index (χ4v) is 3.97. The summed E-state index contributed by atoms with van der Waals surface area (Å²) in [6, 6.07) is 2.60. The van der Waals surface area contributed by atoms with Crippen molar-refractivity contribution < 1.29 is 0 Å². The second-order valence-corrected chi connectivity index (χ2v) is 7.28. The summed E-state index contributed by atoms with van der Waals surface area (Å²) in [7, 11) is 2.15. The van der Waals surface area contributed by atoms with Gasteiger partial charge < -0.3 is 9.47 Å². The van der Waals surface area contributed by atoms with Gasteiger partial charge in [0.05, 0.1) is 6.54 Å². The second-order valence-electron chi connectivity index (χ2n) is 7.28. The van der Waals surface area contributed by atoms with Crippen LogP contribution in [0.3, 0.4) is 0 Å². The summed E-state index contributed by atoms with van der Waals surface area (Å²) in [6.45, 7) is 6.23. The SMILES string of the molecule is Cc1cc(N(C)C2CCN(Cc3nnc4n3CCCC4)CC2)ncn1. The number of rotatable bonds is 4. The van der Waals surface area contributed by atoms with Gasteiger partial charge in [0.2, 0.25) is 0 Å². The minimum atomic E-state index is 0.540. The van der Waals surface area contributed by atoms with Gasteiger partial charge in [0.15, 0.2) is 0 Å². The van der Waals surface area contributed by atoms with Crippen molar-refractivity contribution in [3.63, 3.8) is 0 Å². The molecule has 0 atom stereocenters. The average Bonchev–Trinajstić information content (AvgIpc) is 3.05. The van der Waals surface area contributed by atoms with E-state index in [1.165, 1.54) is 18.7 Å². The van der Waals surface area contributed by atoms with E-state index < -0.39 is 0 Å². The van der Waals surface area contributed by atoms with Crippen LogP contribution < -0.4 is 4.90 Å². The van der Waals surface area contributed by atoms with Gasteiger partial charge in [0.1, 0.15) is 23.8 Å². The average molecular weight is 341 g/mol. The molecule has 4 heterocycles. The summed E-state index contributed by atoms with van der Waals surface area (Å²) >= 11 is 0. The minimum absolute atomic E-state index is 0.540. The summed E-state index contributed by atoms with van der Waals surface area (Å²) in [6.07, 6.45) is 7.55. The van der Waals surface area contributed by atoms with E-state index in [0.29, 0.717) is 6.04 Å². The predicted molar refractivity (Wildman–Crippen MR) is 96.4 cm³/mol. The Labute approximate surface area is 149 Å². The van der Waals surface area contributed by atoms with E-state index in [0.717, 1.165) is 62.8 Å². The van der Waals surface area contributed by atoms with Crippen molar-refractivity contribution in [3.05, 3.63) is 29.7 Å². The summed E-state index contributed by atoms with van der Waals surface area (Å²) in [5, 5.41) is 8.82. The number of likely N-dealkylation sites (tertiary alicyclic amines) is 1. The highest BCUT2D eigenvalue weighted by atomic mass is 15.3. The standard InChI is InChI=1S/C18H27N7/c1-14-11-17(20-13-19-14)23(2)15-6-9-24(10-7-15)12-18-22-21-16-5-3-4-8-25(16)18/h11,13,15H,3-10,12H2,1-2H3. The Morgan fingerprint density at radius 2 is 1.96 bits per heavy atom. The van der Waals surface area contributed by atoms with Crippen LogP contribution >= 0.6 is 0 Å². The normalized spacial score (nSPS) is 19.0. The molecular weight excluding hydrogens is 314 g/mol. The lowest BCUT2D eigenvalue weighted by molar-refractivity contribution is 0.195. The number of hydrogen-bond donors (Lipinski definition) is 0. The molecule has 2 aliphatic heterocycles. The smallest absolute Gasteiger partial charge is 0.147 e. The molecule has 0 aliphatic carbocycles. The number of hydrogen-bond acceptors (Lipinski definition) is 6. The van der Waals surface area contributed by atoms with Crippen LogP contribution in [-0.4, -0.2) is 55.8 Å². The molecule has 1 saturated heterocycles. The number of fused-ring (bicyclic) bond motifs is 1. The topological polar surface area (TPSA) is 63.0 Å². The van der Waals surface area contributed by atoms with E-state index in [-0.39, 0.29) is 0 Å². The summed E-state index contributed by atoms with van der Waals surface area (Å²) in [5.74, 6) is 3.35. The molecule has 25 heavy (non-hydrogen) atoms. The Balaban J connectivity index is 1.35. The van der Waals surface area contributed by atoms with Gasteiger partial charge in [-0.1, -0.05) is 0 Å². The van der Waals surface area contributed by atoms with Gasteiger partial charge in [-0.05, 0) is 32.6 Å². The van der Waals surface area contributed by atoms with Crippen molar-refractivity contribution >= 4 is 5.82 Å². The van der Waals surface area contributed by atoms with Gasteiger partial charge in [-0.2, -0.15) is 0 Å². The van der Waals surface area contributed by atoms with Crippen LogP contribution in [0.1, 0.15) is 43.0 Å². The van der Waals surface area contributed by atoms with Crippen molar-refractivity contribution in [1.29, 1.82) is 0 Å². The maximum absolute atomic E-state index is 4.45. The van der Waals surface area contributed by atoms with Crippen molar-refractivity contribution in [2.24, 2.45) is 0 Å². The predicted octanol–water partition coefficient (Wildman–Crippen LogP) is 1.81. The molecule has 0 aromatic carbocycles. The minimum Gasteiger partial charge on any atom is -0.356 e. The fourth-order valence-electron chi connectivity index (χ4n) is 3.97. The number of anilines is 1. The Morgan fingerprint density at radius 3 is 2.76 bits per heavy atom. The molecule has 2 aromatic rings. The van der Waals surface area contributed by atoms with Crippen LogP contribution in [0.2, 0.25) is 0 Å². The zero-order chi connectivity index (χ0) is 17.2. The Hall–Kier alpha value is -2.02. The molecule has 0 radical (unpaired) electrons. The van der Waals surface area contributed by atoms with Crippen LogP contribution in [0.15, 0.2) is 12.4 Å². The van der Waals surface area contributed by atoms with Crippen LogP contribution in [0, 0.1) is 6.92 Å². The molecule has 0 bridgehead atoms. The highest BCUT2D eigenvalue weighted by Crippen LogP contribution is 2.22. The van der Waals surface area contributed by atoms with E-state index in [9.17, 15) is 0 Å². The maximum atomic E-state index is 4.45. The molecule has 2 aromatic heterocycles. The van der Waals surface area contributed by atoms with Crippen LogP contribution in [0.4, 0.5) is 5.82 Å². The third-order valence-electron chi connectivity index (χ3n) is 5.56. The molecule has 2 aliphatic rings. The van der Waals surface area contributed by atoms with Crippen LogP contribution in [0.25, 0.3) is 0 Å². The lowest BCUT2D eigenvalue weighted by Gasteiger charge is -2.37. The first-order chi connectivity index (χ1) is 12.2. The summed E-state index contributed by atoms with van der Waals surface area (Å²) < 4.78 is 2.34. The number of piperidine rings is 1. The van der Waals surface area contributed by atoms with Crippen LogP contribution in [-0.2, 0) is 19.5 Å². The highest BCUT2D eigenvalue weighted by Gasteiger charge is 2.25. The third-order valence-corrected chi connectivity index (χ3v) is 5.56. The first-order valence-corrected chi connectivity index (χ1v) is 9.35. The number of aromatic nitrogens is 5. The molecule has 0 amide bonds. The van der Waals surface area contributed by atoms with Crippen LogP contribution in [0.5, 0.6) is 0 Å². The largest absolute Gasteiger partial charge is 0.356 e. The quantitative estimate of drug-likeness (QED) is 0.845. The van der Waals surface area contributed by atoms with Gasteiger partial charge >= 0.3 is 0 Å².